The first-order valence-corrected chi connectivity index (χ1v) is 12.9. The molecule has 0 amide bonds. The van der Waals surface area contributed by atoms with Gasteiger partial charge in [-0.25, -0.2) is 4.79 Å². The van der Waals surface area contributed by atoms with Gasteiger partial charge in [0.15, 0.2) is 0 Å². The van der Waals surface area contributed by atoms with Crippen LogP contribution in [0.4, 0.5) is 8.78 Å². The number of fused-ring (bicyclic) bond motifs is 1. The van der Waals surface area contributed by atoms with Crippen molar-refractivity contribution >= 4 is 11.0 Å². The molecule has 6 rings (SSSR count). The number of benzene rings is 2. The first-order valence-electron chi connectivity index (χ1n) is 12.9. The third-order valence-corrected chi connectivity index (χ3v) is 7.51. The zero-order valence-corrected chi connectivity index (χ0v) is 21.9. The largest absolute Gasteiger partial charge is 0.415 e. The van der Waals surface area contributed by atoms with Crippen molar-refractivity contribution in [2.75, 3.05) is 20.1 Å². The van der Waals surface area contributed by atoms with Gasteiger partial charge in [-0.2, -0.15) is 8.78 Å². The van der Waals surface area contributed by atoms with Crippen LogP contribution in [0.1, 0.15) is 48.2 Å². The smallest absolute Gasteiger partial charge is 0.329 e. The van der Waals surface area contributed by atoms with Crippen LogP contribution in [0, 0.1) is 13.8 Å². The Morgan fingerprint density at radius 3 is 2.36 bits per heavy atom. The molecule has 0 unspecified atom stereocenters. The van der Waals surface area contributed by atoms with E-state index < -0.39 is 12.3 Å². The molecule has 4 heterocycles. The number of rotatable bonds is 6. The molecule has 11 heteroatoms. The molecule has 1 aliphatic heterocycles. The van der Waals surface area contributed by atoms with Crippen molar-refractivity contribution in [2.45, 2.75) is 45.7 Å². The van der Waals surface area contributed by atoms with Gasteiger partial charge < -0.3 is 13.8 Å². The fourth-order valence-corrected chi connectivity index (χ4v) is 5.46. The summed E-state index contributed by atoms with van der Waals surface area (Å²) in [6.45, 7) is 6.00. The van der Waals surface area contributed by atoms with E-state index in [-0.39, 0.29) is 17.6 Å². The van der Waals surface area contributed by atoms with Crippen LogP contribution in [0.15, 0.2) is 56.2 Å². The quantitative estimate of drug-likeness (QED) is 0.289. The molecule has 2 aromatic carbocycles. The van der Waals surface area contributed by atoms with Crippen molar-refractivity contribution in [1.29, 1.82) is 0 Å². The fourth-order valence-electron chi connectivity index (χ4n) is 5.46. The van der Waals surface area contributed by atoms with Gasteiger partial charge in [0.2, 0.25) is 5.89 Å². The van der Waals surface area contributed by atoms with E-state index in [0.717, 1.165) is 65.1 Å². The van der Waals surface area contributed by atoms with Gasteiger partial charge in [-0.3, -0.25) is 9.13 Å². The summed E-state index contributed by atoms with van der Waals surface area (Å²) in [6, 6.07) is 13.3. The van der Waals surface area contributed by atoms with Gasteiger partial charge in [0.25, 0.3) is 5.89 Å². The average Bonchev–Trinajstić information content (AvgIpc) is 3.62. The number of imidazole rings is 1. The number of halogens is 2. The SMILES string of the molecule is Cc1noc(C)c1-c1ccc2c(c1)n(Cc1ccc(-c3nnc(C(F)F)o3)cc1)c(=O)n2C1CCN(C)CC1. The van der Waals surface area contributed by atoms with Crippen LogP contribution in [0.5, 0.6) is 0 Å². The number of nitrogens with zero attached hydrogens (tertiary/aromatic N) is 6. The minimum atomic E-state index is -2.82. The molecule has 0 atom stereocenters. The number of alkyl halides is 2. The van der Waals surface area contributed by atoms with Crippen molar-refractivity contribution in [3.05, 3.63) is 75.9 Å². The Balaban J connectivity index is 1.41. The van der Waals surface area contributed by atoms with Gasteiger partial charge in [-0.1, -0.05) is 23.4 Å². The maximum atomic E-state index is 13.9. The monoisotopic (exact) mass is 534 g/mol. The zero-order valence-electron chi connectivity index (χ0n) is 21.9. The summed E-state index contributed by atoms with van der Waals surface area (Å²) in [4.78, 5) is 16.2. The lowest BCUT2D eigenvalue weighted by Crippen LogP contribution is -2.36. The first kappa shape index (κ1) is 25.2. The molecule has 1 fully saturated rings. The molecule has 0 N–H and O–H groups in total. The standard InChI is InChI=1S/C28H28F2N6O3/c1-16-24(17(2)39-33-16)20-8-9-22-23(14-20)35(28(37)36(22)21-10-12-34(3)13-11-21)15-18-4-6-19(7-5-18)26-31-32-27(38-26)25(29)30/h4-9,14,21,25H,10-13,15H2,1-3H3. The molecule has 0 bridgehead atoms. The highest BCUT2D eigenvalue weighted by molar-refractivity contribution is 5.84. The predicted octanol–water partition coefficient (Wildman–Crippen LogP) is 5.38. The number of piperidine rings is 1. The summed E-state index contributed by atoms with van der Waals surface area (Å²) >= 11 is 0. The van der Waals surface area contributed by atoms with E-state index >= 15 is 0 Å². The molecule has 3 aromatic heterocycles. The Labute approximate surface area is 222 Å². The van der Waals surface area contributed by atoms with E-state index in [1.165, 1.54) is 0 Å². The molecule has 0 spiro atoms. The highest BCUT2D eigenvalue weighted by atomic mass is 19.3. The molecular weight excluding hydrogens is 506 g/mol. The van der Waals surface area contributed by atoms with Crippen LogP contribution < -0.4 is 5.69 Å². The van der Waals surface area contributed by atoms with Gasteiger partial charge in [0.05, 0.1) is 23.3 Å². The molecule has 39 heavy (non-hydrogen) atoms. The number of hydrogen-bond acceptors (Lipinski definition) is 7. The van der Waals surface area contributed by atoms with E-state index in [1.54, 1.807) is 16.7 Å². The van der Waals surface area contributed by atoms with Gasteiger partial charge in [-0.05, 0) is 82.2 Å². The Kier molecular flexibility index (Phi) is 6.38. The Hall–Kier alpha value is -4.12. The lowest BCUT2D eigenvalue weighted by atomic mass is 10.0. The molecule has 5 aromatic rings. The summed E-state index contributed by atoms with van der Waals surface area (Å²) in [7, 11) is 2.10. The average molecular weight is 535 g/mol. The zero-order chi connectivity index (χ0) is 27.3. The van der Waals surface area contributed by atoms with E-state index in [9.17, 15) is 13.6 Å². The van der Waals surface area contributed by atoms with Gasteiger partial charge in [0, 0.05) is 17.2 Å². The van der Waals surface area contributed by atoms with Crippen molar-refractivity contribution in [3.63, 3.8) is 0 Å². The van der Waals surface area contributed by atoms with Crippen molar-refractivity contribution in [3.8, 4) is 22.6 Å². The number of aromatic nitrogens is 5. The number of likely N-dealkylation sites (tertiary alicyclic amines) is 1. The summed E-state index contributed by atoms with van der Waals surface area (Å²) in [5, 5.41) is 11.2. The molecule has 0 saturated carbocycles. The lowest BCUT2D eigenvalue weighted by molar-refractivity contribution is 0.116. The first-order chi connectivity index (χ1) is 18.8. The Bertz CT molecular complexity index is 1670. The second-order valence-corrected chi connectivity index (χ2v) is 10.1. The number of aryl methyl sites for hydroxylation is 2. The normalized spacial score (nSPS) is 15.1. The maximum absolute atomic E-state index is 13.9. The molecule has 0 radical (unpaired) electrons. The van der Waals surface area contributed by atoms with E-state index in [0.29, 0.717) is 12.1 Å². The van der Waals surface area contributed by atoms with Crippen LogP contribution in [0.25, 0.3) is 33.6 Å². The molecule has 202 valence electrons. The maximum Gasteiger partial charge on any atom is 0.329 e. The topological polar surface area (TPSA) is 95.1 Å². The van der Waals surface area contributed by atoms with Crippen molar-refractivity contribution in [1.82, 2.24) is 29.4 Å². The summed E-state index contributed by atoms with van der Waals surface area (Å²) in [6.07, 6.45) is -1.02. The molecule has 1 aliphatic rings. The van der Waals surface area contributed by atoms with Crippen LogP contribution in [-0.4, -0.2) is 49.5 Å². The second kappa shape index (κ2) is 9.88. The third-order valence-electron chi connectivity index (χ3n) is 7.51. The fraction of sp³-hybridized carbons (Fsp3) is 0.357. The summed E-state index contributed by atoms with van der Waals surface area (Å²) in [5.74, 6) is 0.0375. The highest BCUT2D eigenvalue weighted by Gasteiger charge is 2.25. The minimum absolute atomic E-state index is 0.0250. The second-order valence-electron chi connectivity index (χ2n) is 10.1. The van der Waals surface area contributed by atoms with Crippen LogP contribution in [-0.2, 0) is 6.54 Å². The lowest BCUT2D eigenvalue weighted by Gasteiger charge is -2.29. The Morgan fingerprint density at radius 2 is 1.72 bits per heavy atom. The van der Waals surface area contributed by atoms with E-state index in [2.05, 4.69) is 27.3 Å². The van der Waals surface area contributed by atoms with E-state index in [1.807, 2.05) is 48.7 Å². The predicted molar refractivity (Wildman–Crippen MR) is 141 cm³/mol. The summed E-state index contributed by atoms with van der Waals surface area (Å²) < 4.78 is 39.9. The summed E-state index contributed by atoms with van der Waals surface area (Å²) in [5.41, 5.74) is 5.73. The molecule has 9 nitrogen and oxygen atoms in total. The molecule has 1 saturated heterocycles. The minimum Gasteiger partial charge on any atom is -0.415 e. The van der Waals surface area contributed by atoms with Crippen molar-refractivity contribution in [2.24, 2.45) is 0 Å². The van der Waals surface area contributed by atoms with Gasteiger partial charge in [-0.15, -0.1) is 10.2 Å². The Morgan fingerprint density at radius 1 is 1.00 bits per heavy atom. The van der Waals surface area contributed by atoms with Gasteiger partial charge in [0.1, 0.15) is 5.76 Å². The van der Waals surface area contributed by atoms with E-state index in [4.69, 9.17) is 8.94 Å². The third kappa shape index (κ3) is 4.56. The molecular formula is C28H28F2N6O3. The van der Waals surface area contributed by atoms with Crippen LogP contribution >= 0.6 is 0 Å². The van der Waals surface area contributed by atoms with Crippen LogP contribution in [0.2, 0.25) is 0 Å². The molecule has 0 aliphatic carbocycles. The van der Waals surface area contributed by atoms with Crippen LogP contribution in [0.3, 0.4) is 0 Å². The van der Waals surface area contributed by atoms with Crippen molar-refractivity contribution < 1.29 is 17.7 Å². The number of hydrogen-bond donors (Lipinski definition) is 0. The van der Waals surface area contributed by atoms with Gasteiger partial charge >= 0.3 is 12.1 Å². The highest BCUT2D eigenvalue weighted by Crippen LogP contribution is 2.32.